The van der Waals surface area contributed by atoms with Crippen LogP contribution in [-0.4, -0.2) is 16.1 Å². The van der Waals surface area contributed by atoms with Crippen molar-refractivity contribution in [3.8, 4) is 0 Å². The molecule has 0 unspecified atom stereocenters. The van der Waals surface area contributed by atoms with E-state index in [0.29, 0.717) is 0 Å². The summed E-state index contributed by atoms with van der Waals surface area (Å²) >= 11 is 0. The van der Waals surface area contributed by atoms with Crippen LogP contribution in [0.1, 0.15) is 5.56 Å². The molecule has 0 saturated heterocycles. The quantitative estimate of drug-likeness (QED) is 0.516. The van der Waals surface area contributed by atoms with Crippen LogP contribution < -0.4 is 5.43 Å². The number of nitrogens with zero attached hydrogens (tertiary/aromatic N) is 3. The van der Waals surface area contributed by atoms with Crippen molar-refractivity contribution >= 4 is 23.3 Å². The van der Waals surface area contributed by atoms with Crippen molar-refractivity contribution in [1.29, 1.82) is 0 Å². The van der Waals surface area contributed by atoms with Crippen LogP contribution in [0.3, 0.4) is 0 Å². The first kappa shape index (κ1) is 14.1. The monoisotopic (exact) mass is 286 g/mol. The predicted molar refractivity (Wildman–Crippen MR) is 77.4 cm³/mol. The fourth-order valence-electron chi connectivity index (χ4n) is 1.59. The maximum Gasteiger partial charge on any atom is 0.301 e. The molecule has 2 rings (SSSR count). The first-order chi connectivity index (χ1) is 10.1. The van der Waals surface area contributed by atoms with Gasteiger partial charge in [-0.25, -0.2) is 0 Å². The Morgan fingerprint density at radius 2 is 1.71 bits per heavy atom. The van der Waals surface area contributed by atoms with Gasteiger partial charge in [0, 0.05) is 6.07 Å². The zero-order chi connectivity index (χ0) is 15.2. The van der Waals surface area contributed by atoms with E-state index in [0.717, 1.165) is 11.6 Å². The lowest BCUT2D eigenvalue weighted by molar-refractivity contribution is -0.393. The molecule has 106 valence electrons. The first-order valence-electron chi connectivity index (χ1n) is 5.85. The lowest BCUT2D eigenvalue weighted by Crippen LogP contribution is -1.98. The largest absolute Gasteiger partial charge is 0.301 e. The molecule has 0 fully saturated rings. The summed E-state index contributed by atoms with van der Waals surface area (Å²) in [6, 6.07) is 12.5. The second-order valence-corrected chi connectivity index (χ2v) is 4.00. The van der Waals surface area contributed by atoms with Gasteiger partial charge in [0.25, 0.3) is 5.69 Å². The number of hydrazone groups is 1. The van der Waals surface area contributed by atoms with Crippen LogP contribution >= 0.6 is 0 Å². The Bertz CT molecular complexity index is 701. The minimum atomic E-state index is -0.701. The molecule has 0 aliphatic heterocycles. The Hall–Kier alpha value is -3.29. The summed E-state index contributed by atoms with van der Waals surface area (Å²) in [5.74, 6) is 0. The summed E-state index contributed by atoms with van der Waals surface area (Å²) in [4.78, 5) is 20.1. The van der Waals surface area contributed by atoms with Gasteiger partial charge in [-0.2, -0.15) is 5.10 Å². The van der Waals surface area contributed by atoms with Gasteiger partial charge >= 0.3 is 5.69 Å². The highest BCUT2D eigenvalue weighted by atomic mass is 16.6. The maximum absolute atomic E-state index is 10.9. The van der Waals surface area contributed by atoms with Gasteiger partial charge in [-0.3, -0.25) is 25.7 Å². The minimum Gasteiger partial charge on any atom is -0.272 e. The summed E-state index contributed by atoms with van der Waals surface area (Å²) in [6.45, 7) is 0. The molecule has 0 aromatic heterocycles. The molecule has 0 bridgehead atoms. The molecular formula is C13H10N4O4. The zero-order valence-corrected chi connectivity index (χ0v) is 10.7. The number of non-ortho nitro benzene ring substituents is 1. The Kier molecular flexibility index (Phi) is 4.20. The number of nitro groups is 2. The number of nitrogens with one attached hydrogen (secondary N) is 1. The van der Waals surface area contributed by atoms with E-state index in [1.807, 2.05) is 30.3 Å². The molecule has 8 heteroatoms. The highest BCUT2D eigenvalue weighted by Gasteiger charge is 2.18. The van der Waals surface area contributed by atoms with Gasteiger partial charge in [0.1, 0.15) is 5.69 Å². The highest BCUT2D eigenvalue weighted by molar-refractivity contribution is 5.80. The van der Waals surface area contributed by atoms with Crippen LogP contribution in [0.15, 0.2) is 53.6 Å². The third-order valence-corrected chi connectivity index (χ3v) is 2.59. The summed E-state index contributed by atoms with van der Waals surface area (Å²) in [7, 11) is 0. The number of benzene rings is 2. The minimum absolute atomic E-state index is 0.0813. The fraction of sp³-hybridized carbons (Fsp3) is 0. The maximum atomic E-state index is 10.9. The van der Waals surface area contributed by atoms with Crippen molar-refractivity contribution in [2.45, 2.75) is 0 Å². The van der Waals surface area contributed by atoms with Crippen molar-refractivity contribution in [3.05, 3.63) is 74.3 Å². The third-order valence-electron chi connectivity index (χ3n) is 2.59. The van der Waals surface area contributed by atoms with Crippen LogP contribution in [0.25, 0.3) is 0 Å². The van der Waals surface area contributed by atoms with Crippen molar-refractivity contribution in [2.24, 2.45) is 5.10 Å². The predicted octanol–water partition coefficient (Wildman–Crippen LogP) is 2.95. The molecule has 0 saturated carbocycles. The van der Waals surface area contributed by atoms with E-state index in [2.05, 4.69) is 10.5 Å². The summed E-state index contributed by atoms with van der Waals surface area (Å²) in [6.07, 6.45) is 1.49. The van der Waals surface area contributed by atoms with Crippen molar-refractivity contribution < 1.29 is 9.85 Å². The van der Waals surface area contributed by atoms with Crippen LogP contribution in [0.4, 0.5) is 17.1 Å². The SMILES string of the molecule is O=[N+]([O-])c1ccc(NN=Cc2ccccc2)c([N+](=O)[O-])c1. The van der Waals surface area contributed by atoms with E-state index < -0.39 is 15.5 Å². The molecule has 0 heterocycles. The first-order valence-corrected chi connectivity index (χ1v) is 5.85. The summed E-state index contributed by atoms with van der Waals surface area (Å²) in [5.41, 5.74) is 2.65. The number of hydrogen-bond donors (Lipinski definition) is 1. The molecule has 0 atom stereocenters. The van der Waals surface area contributed by atoms with E-state index in [1.54, 1.807) is 0 Å². The molecule has 2 aromatic rings. The van der Waals surface area contributed by atoms with Gasteiger partial charge in [0.2, 0.25) is 0 Å². The van der Waals surface area contributed by atoms with Crippen LogP contribution in [0.5, 0.6) is 0 Å². The lowest BCUT2D eigenvalue weighted by Gasteiger charge is -2.01. The molecule has 21 heavy (non-hydrogen) atoms. The molecule has 0 spiro atoms. The Labute approximate surface area is 119 Å². The molecule has 0 radical (unpaired) electrons. The molecule has 2 aromatic carbocycles. The summed E-state index contributed by atoms with van der Waals surface area (Å²) < 4.78 is 0. The average Bonchev–Trinajstić information content (AvgIpc) is 2.48. The van der Waals surface area contributed by atoms with E-state index in [-0.39, 0.29) is 11.4 Å². The van der Waals surface area contributed by atoms with E-state index in [9.17, 15) is 20.2 Å². The van der Waals surface area contributed by atoms with E-state index >= 15 is 0 Å². The number of anilines is 1. The standard InChI is InChI=1S/C13H10N4O4/c18-16(19)11-6-7-12(13(8-11)17(20)21)15-14-9-10-4-2-1-3-5-10/h1-9,15H. The van der Waals surface area contributed by atoms with Crippen LogP contribution in [0.2, 0.25) is 0 Å². The van der Waals surface area contributed by atoms with Gasteiger partial charge in [0.15, 0.2) is 0 Å². The molecular weight excluding hydrogens is 276 g/mol. The topological polar surface area (TPSA) is 111 Å². The third kappa shape index (κ3) is 3.60. The molecule has 1 N–H and O–H groups in total. The normalized spacial score (nSPS) is 10.5. The van der Waals surface area contributed by atoms with Crippen LogP contribution in [0, 0.1) is 20.2 Å². The molecule has 0 aliphatic rings. The second-order valence-electron chi connectivity index (χ2n) is 4.00. The lowest BCUT2D eigenvalue weighted by atomic mass is 10.2. The van der Waals surface area contributed by atoms with Crippen molar-refractivity contribution in [2.75, 3.05) is 5.43 Å². The molecule has 8 nitrogen and oxygen atoms in total. The number of hydrogen-bond acceptors (Lipinski definition) is 6. The Morgan fingerprint density at radius 3 is 2.33 bits per heavy atom. The van der Waals surface area contributed by atoms with E-state index in [4.69, 9.17) is 0 Å². The highest BCUT2D eigenvalue weighted by Crippen LogP contribution is 2.28. The van der Waals surface area contributed by atoms with Crippen molar-refractivity contribution in [1.82, 2.24) is 0 Å². The van der Waals surface area contributed by atoms with E-state index in [1.165, 1.54) is 18.3 Å². The fourth-order valence-corrected chi connectivity index (χ4v) is 1.59. The number of nitro benzene ring substituents is 2. The molecule has 0 aliphatic carbocycles. The smallest absolute Gasteiger partial charge is 0.272 e. The van der Waals surface area contributed by atoms with Crippen LogP contribution in [-0.2, 0) is 0 Å². The number of rotatable bonds is 5. The van der Waals surface area contributed by atoms with Gasteiger partial charge in [-0.15, -0.1) is 0 Å². The Morgan fingerprint density at radius 1 is 1.00 bits per heavy atom. The Balaban J connectivity index is 2.22. The molecule has 0 amide bonds. The summed E-state index contributed by atoms with van der Waals surface area (Å²) in [5, 5.41) is 25.4. The second kappa shape index (κ2) is 6.24. The average molecular weight is 286 g/mol. The van der Waals surface area contributed by atoms with Gasteiger partial charge in [-0.1, -0.05) is 30.3 Å². The zero-order valence-electron chi connectivity index (χ0n) is 10.7. The van der Waals surface area contributed by atoms with Gasteiger partial charge in [0.05, 0.1) is 22.1 Å². The van der Waals surface area contributed by atoms with Crippen molar-refractivity contribution in [3.63, 3.8) is 0 Å². The van der Waals surface area contributed by atoms with Gasteiger partial charge in [-0.05, 0) is 11.6 Å². The van der Waals surface area contributed by atoms with Gasteiger partial charge < -0.3 is 0 Å².